The molecule has 0 bridgehead atoms. The molecule has 0 amide bonds. The summed E-state index contributed by atoms with van der Waals surface area (Å²) < 4.78 is 5.81. The number of halogens is 1. The predicted molar refractivity (Wildman–Crippen MR) is 83.0 cm³/mol. The first-order valence-electron chi connectivity index (χ1n) is 6.23. The van der Waals surface area contributed by atoms with Crippen molar-refractivity contribution in [2.24, 2.45) is 5.41 Å². The van der Waals surface area contributed by atoms with E-state index in [2.05, 4.69) is 15.9 Å². The van der Waals surface area contributed by atoms with E-state index in [1.165, 1.54) is 12.7 Å². The number of rotatable bonds is 6. The van der Waals surface area contributed by atoms with Crippen LogP contribution >= 0.6 is 27.7 Å². The molecule has 2 rings (SSSR count). The number of hydrogen-bond donors (Lipinski definition) is 1. The van der Waals surface area contributed by atoms with Gasteiger partial charge in [0, 0.05) is 15.9 Å². The molecule has 1 aromatic carbocycles. The Bertz CT molecular complexity index is 475. The second-order valence-corrected chi connectivity index (χ2v) is 6.94. The van der Waals surface area contributed by atoms with Gasteiger partial charge in [-0.25, -0.2) is 0 Å². The summed E-state index contributed by atoms with van der Waals surface area (Å²) in [7, 11) is 1.46. The van der Waals surface area contributed by atoms with Gasteiger partial charge in [0.25, 0.3) is 0 Å². The maximum atomic E-state index is 11.3. The molecule has 0 aliphatic heterocycles. The third-order valence-electron chi connectivity index (χ3n) is 3.45. The molecule has 104 valence electrons. The van der Waals surface area contributed by atoms with Gasteiger partial charge in [0.15, 0.2) is 0 Å². The van der Waals surface area contributed by atoms with E-state index in [1.54, 1.807) is 0 Å². The minimum Gasteiger partial charge on any atom is -0.469 e. The molecule has 0 radical (unpaired) electrons. The van der Waals surface area contributed by atoms with Crippen LogP contribution in [0.25, 0.3) is 0 Å². The lowest BCUT2D eigenvalue weighted by atomic mass is 10.1. The number of hydrogen-bond acceptors (Lipinski definition) is 4. The van der Waals surface area contributed by atoms with Gasteiger partial charge in [0.1, 0.15) is 0 Å². The van der Waals surface area contributed by atoms with Crippen LogP contribution < -0.4 is 5.73 Å². The fourth-order valence-electron chi connectivity index (χ4n) is 1.99. The van der Waals surface area contributed by atoms with Crippen LogP contribution in [0.15, 0.2) is 22.7 Å². The zero-order chi connectivity index (χ0) is 13.9. The van der Waals surface area contributed by atoms with Crippen LogP contribution in [0.4, 0.5) is 5.69 Å². The van der Waals surface area contributed by atoms with Gasteiger partial charge >= 0.3 is 5.97 Å². The molecule has 1 aromatic rings. The molecular weight excluding hydrogens is 326 g/mol. The third-order valence-corrected chi connectivity index (χ3v) is 5.52. The van der Waals surface area contributed by atoms with Crippen LogP contribution in [0.2, 0.25) is 0 Å². The first-order chi connectivity index (χ1) is 9.04. The van der Waals surface area contributed by atoms with Crippen molar-refractivity contribution < 1.29 is 9.53 Å². The molecule has 0 aromatic heterocycles. The third kappa shape index (κ3) is 4.14. The van der Waals surface area contributed by atoms with Crippen molar-refractivity contribution in [3.63, 3.8) is 0 Å². The van der Waals surface area contributed by atoms with Crippen molar-refractivity contribution in [3.05, 3.63) is 28.2 Å². The summed E-state index contributed by atoms with van der Waals surface area (Å²) in [6.45, 7) is 0. The Morgan fingerprint density at radius 1 is 1.53 bits per heavy atom. The lowest BCUT2D eigenvalue weighted by molar-refractivity contribution is -0.141. The summed E-state index contributed by atoms with van der Waals surface area (Å²) in [5, 5.41) is 0. The average molecular weight is 344 g/mol. The van der Waals surface area contributed by atoms with Crippen LogP contribution in [0.1, 0.15) is 24.8 Å². The first kappa shape index (κ1) is 14.7. The van der Waals surface area contributed by atoms with Crippen LogP contribution in [-0.2, 0) is 15.3 Å². The van der Waals surface area contributed by atoms with Gasteiger partial charge in [-0.3, -0.25) is 4.79 Å². The molecule has 0 saturated heterocycles. The summed E-state index contributed by atoms with van der Waals surface area (Å²) in [6.07, 6.45) is 2.83. The highest BCUT2D eigenvalue weighted by Gasteiger charge is 2.44. The highest BCUT2D eigenvalue weighted by Crippen LogP contribution is 2.51. The molecule has 0 spiro atoms. The monoisotopic (exact) mass is 343 g/mol. The molecule has 1 fully saturated rings. The first-order valence-corrected chi connectivity index (χ1v) is 8.18. The van der Waals surface area contributed by atoms with E-state index in [0.29, 0.717) is 6.42 Å². The second-order valence-electron chi connectivity index (χ2n) is 5.10. The van der Waals surface area contributed by atoms with E-state index < -0.39 is 0 Å². The van der Waals surface area contributed by atoms with Crippen molar-refractivity contribution in [2.75, 3.05) is 18.6 Å². The zero-order valence-corrected chi connectivity index (χ0v) is 13.4. The summed E-state index contributed by atoms with van der Waals surface area (Å²) >= 11 is 5.40. The average Bonchev–Trinajstić information content (AvgIpc) is 3.12. The number of benzene rings is 1. The number of carbonyl (C=O) groups is 1. The van der Waals surface area contributed by atoms with Crippen molar-refractivity contribution in [3.8, 4) is 0 Å². The van der Waals surface area contributed by atoms with Crippen LogP contribution in [0, 0.1) is 5.41 Å². The van der Waals surface area contributed by atoms with Crippen LogP contribution in [0.3, 0.4) is 0 Å². The van der Waals surface area contributed by atoms with Crippen molar-refractivity contribution in [1.82, 2.24) is 0 Å². The summed E-state index contributed by atoms with van der Waals surface area (Å²) in [6, 6.07) is 5.89. The maximum absolute atomic E-state index is 11.3. The summed E-state index contributed by atoms with van der Waals surface area (Å²) in [5.41, 5.74) is 7.92. The van der Waals surface area contributed by atoms with Gasteiger partial charge in [-0.05, 0) is 41.7 Å². The number of anilines is 1. The van der Waals surface area contributed by atoms with Gasteiger partial charge in [0.2, 0.25) is 0 Å². The normalized spacial score (nSPS) is 16.1. The molecule has 0 heterocycles. The van der Waals surface area contributed by atoms with E-state index in [0.717, 1.165) is 34.5 Å². The van der Waals surface area contributed by atoms with Crippen molar-refractivity contribution in [1.29, 1.82) is 0 Å². The smallest absolute Gasteiger partial charge is 0.306 e. The summed E-state index contributed by atoms with van der Waals surface area (Å²) in [4.78, 5) is 11.3. The molecule has 1 saturated carbocycles. The van der Waals surface area contributed by atoms with Crippen LogP contribution in [-0.4, -0.2) is 18.8 Å². The van der Waals surface area contributed by atoms with E-state index in [4.69, 9.17) is 10.5 Å². The Balaban J connectivity index is 1.82. The van der Waals surface area contributed by atoms with E-state index in [-0.39, 0.29) is 11.4 Å². The number of methoxy groups -OCH3 is 1. The van der Waals surface area contributed by atoms with Gasteiger partial charge in [-0.1, -0.05) is 22.0 Å². The molecule has 5 heteroatoms. The molecular formula is C14H18BrNO2S. The minimum atomic E-state index is -0.0910. The van der Waals surface area contributed by atoms with Gasteiger partial charge in [-0.2, -0.15) is 11.8 Å². The lowest BCUT2D eigenvalue weighted by Crippen LogP contribution is -2.13. The summed E-state index contributed by atoms with van der Waals surface area (Å²) in [5.74, 6) is 1.86. The molecule has 2 N–H and O–H groups in total. The molecule has 3 nitrogen and oxygen atoms in total. The van der Waals surface area contributed by atoms with E-state index in [9.17, 15) is 4.79 Å². The van der Waals surface area contributed by atoms with Crippen molar-refractivity contribution >= 4 is 39.3 Å². The highest BCUT2D eigenvalue weighted by atomic mass is 79.9. The predicted octanol–water partition coefficient (Wildman–Crippen LogP) is 3.61. The highest BCUT2D eigenvalue weighted by molar-refractivity contribution is 9.10. The van der Waals surface area contributed by atoms with Crippen LogP contribution in [0.5, 0.6) is 0 Å². The van der Waals surface area contributed by atoms with Gasteiger partial charge in [0.05, 0.1) is 13.5 Å². The molecule has 19 heavy (non-hydrogen) atoms. The standard InChI is InChI=1S/C14H18BrNO2S/c1-18-13(17)7-14(4-5-14)9-19-8-10-2-3-11(16)6-12(10)15/h2-3,6H,4-5,7-9,16H2,1H3. The fraction of sp³-hybridized carbons (Fsp3) is 0.500. The van der Waals surface area contributed by atoms with E-state index >= 15 is 0 Å². The van der Waals surface area contributed by atoms with Crippen molar-refractivity contribution in [2.45, 2.75) is 25.0 Å². The zero-order valence-electron chi connectivity index (χ0n) is 10.9. The number of nitrogen functional groups attached to an aromatic ring is 1. The Labute approximate surface area is 126 Å². The number of carbonyl (C=O) groups excluding carboxylic acids is 1. The largest absolute Gasteiger partial charge is 0.469 e. The minimum absolute atomic E-state index is 0.0910. The lowest BCUT2D eigenvalue weighted by Gasteiger charge is -2.13. The molecule has 0 atom stereocenters. The number of ether oxygens (including phenoxy) is 1. The SMILES string of the molecule is COC(=O)CC1(CSCc2ccc(N)cc2Br)CC1. The number of nitrogens with two attached hydrogens (primary N) is 1. The second kappa shape index (κ2) is 6.18. The van der Waals surface area contributed by atoms with E-state index in [1.807, 2.05) is 30.0 Å². The Hall–Kier alpha value is -0.680. The Morgan fingerprint density at radius 2 is 2.26 bits per heavy atom. The maximum Gasteiger partial charge on any atom is 0.306 e. The van der Waals surface area contributed by atoms with Gasteiger partial charge < -0.3 is 10.5 Å². The number of esters is 1. The Morgan fingerprint density at radius 3 is 2.84 bits per heavy atom. The number of thioether (sulfide) groups is 1. The molecule has 1 aliphatic carbocycles. The van der Waals surface area contributed by atoms with Gasteiger partial charge in [-0.15, -0.1) is 0 Å². The molecule has 1 aliphatic rings. The fourth-order valence-corrected chi connectivity index (χ4v) is 4.11. The Kier molecular flexibility index (Phi) is 4.79. The quantitative estimate of drug-likeness (QED) is 0.633. The molecule has 0 unspecified atom stereocenters. The topological polar surface area (TPSA) is 52.3 Å².